The molecule has 7 nitrogen and oxygen atoms in total. The van der Waals surface area contributed by atoms with Gasteiger partial charge in [0, 0.05) is 44.2 Å². The third kappa shape index (κ3) is 3.91. The van der Waals surface area contributed by atoms with Crippen molar-refractivity contribution in [3.05, 3.63) is 48.0 Å². The van der Waals surface area contributed by atoms with E-state index >= 15 is 0 Å². The van der Waals surface area contributed by atoms with Gasteiger partial charge >= 0.3 is 0 Å². The van der Waals surface area contributed by atoms with Gasteiger partial charge < -0.3 is 19.7 Å². The standard InChI is InChI=1S/C22H26N4O3/c1-25-22(29-3)19-11-6-15(13-20(19)24-25)21(27)23-16-7-9-17(10-8-16)26-12-4-5-18(14-26)28-2/h6-11,13,18H,4-5,12,14H2,1-3H3,(H,23,27). The zero-order valence-corrected chi connectivity index (χ0v) is 17.0. The molecule has 1 fully saturated rings. The maximum absolute atomic E-state index is 12.7. The highest BCUT2D eigenvalue weighted by Gasteiger charge is 2.19. The quantitative estimate of drug-likeness (QED) is 0.718. The van der Waals surface area contributed by atoms with Gasteiger partial charge in [-0.15, -0.1) is 0 Å². The average molecular weight is 394 g/mol. The summed E-state index contributed by atoms with van der Waals surface area (Å²) in [6, 6.07) is 13.4. The molecule has 2 heterocycles. The first-order valence-electron chi connectivity index (χ1n) is 9.79. The Hall–Kier alpha value is -3.06. The predicted molar refractivity (Wildman–Crippen MR) is 114 cm³/mol. The lowest BCUT2D eigenvalue weighted by atomic mass is 10.1. The van der Waals surface area contributed by atoms with Gasteiger partial charge in [-0.2, -0.15) is 5.10 Å². The lowest BCUT2D eigenvalue weighted by Crippen LogP contribution is -2.39. The fourth-order valence-corrected chi connectivity index (χ4v) is 3.88. The first kappa shape index (κ1) is 19.3. The van der Waals surface area contributed by atoms with Gasteiger partial charge in [0.05, 0.1) is 24.1 Å². The summed E-state index contributed by atoms with van der Waals surface area (Å²) >= 11 is 0. The summed E-state index contributed by atoms with van der Waals surface area (Å²) in [5.41, 5.74) is 3.19. The molecule has 1 aliphatic heterocycles. The largest absolute Gasteiger partial charge is 0.481 e. The molecule has 1 unspecified atom stereocenters. The molecule has 0 bridgehead atoms. The highest BCUT2D eigenvalue weighted by atomic mass is 16.5. The molecular formula is C22H26N4O3. The smallest absolute Gasteiger partial charge is 0.255 e. The molecule has 3 aromatic rings. The van der Waals surface area contributed by atoms with Crippen molar-refractivity contribution in [3.63, 3.8) is 0 Å². The van der Waals surface area contributed by atoms with E-state index in [1.807, 2.05) is 37.4 Å². The van der Waals surface area contributed by atoms with Crippen LogP contribution in [0.15, 0.2) is 42.5 Å². The van der Waals surface area contributed by atoms with Crippen molar-refractivity contribution in [2.45, 2.75) is 18.9 Å². The molecule has 1 aromatic heterocycles. The zero-order valence-electron chi connectivity index (χ0n) is 17.0. The van der Waals surface area contributed by atoms with Crippen molar-refractivity contribution in [1.29, 1.82) is 0 Å². The summed E-state index contributed by atoms with van der Waals surface area (Å²) in [4.78, 5) is 15.0. The number of carbonyl (C=O) groups excluding carboxylic acids is 1. The Morgan fingerprint density at radius 3 is 2.69 bits per heavy atom. The summed E-state index contributed by atoms with van der Waals surface area (Å²) in [6.07, 6.45) is 2.51. The van der Waals surface area contributed by atoms with Crippen LogP contribution in [-0.4, -0.2) is 49.1 Å². The molecule has 0 spiro atoms. The Labute approximate surface area is 170 Å². The Morgan fingerprint density at radius 2 is 1.97 bits per heavy atom. The van der Waals surface area contributed by atoms with E-state index in [0.717, 1.165) is 48.2 Å². The molecule has 1 atom stereocenters. The Balaban J connectivity index is 1.46. The lowest BCUT2D eigenvalue weighted by Gasteiger charge is -2.33. The number of nitrogens with zero attached hydrogens (tertiary/aromatic N) is 3. The summed E-state index contributed by atoms with van der Waals surface area (Å²) in [5, 5.41) is 8.25. The van der Waals surface area contributed by atoms with Crippen LogP contribution < -0.4 is 15.0 Å². The molecule has 0 radical (unpaired) electrons. The summed E-state index contributed by atoms with van der Waals surface area (Å²) in [5.74, 6) is 0.512. The second kappa shape index (κ2) is 8.13. The number of fused-ring (bicyclic) bond motifs is 1. The van der Waals surface area contributed by atoms with Crippen molar-refractivity contribution in [1.82, 2.24) is 9.78 Å². The van der Waals surface area contributed by atoms with E-state index in [1.165, 1.54) is 0 Å². The van der Waals surface area contributed by atoms with Gasteiger partial charge in [-0.3, -0.25) is 4.79 Å². The normalized spacial score (nSPS) is 16.8. The average Bonchev–Trinajstić information content (AvgIpc) is 3.08. The van der Waals surface area contributed by atoms with Crippen LogP contribution in [0, 0.1) is 0 Å². The summed E-state index contributed by atoms with van der Waals surface area (Å²) < 4.78 is 12.5. The number of anilines is 2. The topological polar surface area (TPSA) is 68.6 Å². The van der Waals surface area contributed by atoms with E-state index in [2.05, 4.69) is 15.3 Å². The van der Waals surface area contributed by atoms with Gasteiger partial charge in [0.1, 0.15) is 0 Å². The number of aromatic nitrogens is 2. The van der Waals surface area contributed by atoms with E-state index in [4.69, 9.17) is 9.47 Å². The van der Waals surface area contributed by atoms with Crippen LogP contribution in [0.25, 0.3) is 10.9 Å². The van der Waals surface area contributed by atoms with E-state index < -0.39 is 0 Å². The van der Waals surface area contributed by atoms with Crippen LogP contribution in [0.4, 0.5) is 11.4 Å². The number of nitrogens with one attached hydrogen (secondary N) is 1. The number of aryl methyl sites for hydroxylation is 1. The van der Waals surface area contributed by atoms with Gasteiger partial charge in [0.25, 0.3) is 5.91 Å². The molecule has 0 aliphatic carbocycles. The molecular weight excluding hydrogens is 368 g/mol. The third-order valence-electron chi connectivity index (χ3n) is 5.44. The van der Waals surface area contributed by atoms with Crippen molar-refractivity contribution in [3.8, 4) is 5.88 Å². The fraction of sp³-hybridized carbons (Fsp3) is 0.364. The number of ether oxygens (including phenoxy) is 2. The van der Waals surface area contributed by atoms with Crippen molar-refractivity contribution < 1.29 is 14.3 Å². The van der Waals surface area contributed by atoms with Crippen LogP contribution in [0.1, 0.15) is 23.2 Å². The van der Waals surface area contributed by atoms with Crippen molar-refractivity contribution in [2.75, 3.05) is 37.5 Å². The molecule has 1 amide bonds. The molecule has 7 heteroatoms. The van der Waals surface area contributed by atoms with E-state index in [-0.39, 0.29) is 12.0 Å². The third-order valence-corrected chi connectivity index (χ3v) is 5.44. The Bertz CT molecular complexity index is 1010. The molecule has 152 valence electrons. The van der Waals surface area contributed by atoms with Gasteiger partial charge in [0.2, 0.25) is 5.88 Å². The first-order chi connectivity index (χ1) is 14.1. The van der Waals surface area contributed by atoms with Gasteiger partial charge in [-0.05, 0) is 55.3 Å². The second-order valence-electron chi connectivity index (χ2n) is 7.31. The predicted octanol–water partition coefficient (Wildman–Crippen LogP) is 3.45. The summed E-state index contributed by atoms with van der Waals surface area (Å²) in [6.45, 7) is 1.93. The highest BCUT2D eigenvalue weighted by Crippen LogP contribution is 2.26. The number of carbonyl (C=O) groups is 1. The molecule has 2 aromatic carbocycles. The van der Waals surface area contributed by atoms with Crippen LogP contribution in [0.5, 0.6) is 5.88 Å². The minimum absolute atomic E-state index is 0.165. The number of hydrogen-bond donors (Lipinski definition) is 1. The highest BCUT2D eigenvalue weighted by molar-refractivity contribution is 6.06. The van der Waals surface area contributed by atoms with Gasteiger partial charge in [-0.25, -0.2) is 4.68 Å². The summed E-state index contributed by atoms with van der Waals surface area (Å²) in [7, 11) is 5.20. The molecule has 29 heavy (non-hydrogen) atoms. The maximum atomic E-state index is 12.7. The van der Waals surface area contributed by atoms with Crippen molar-refractivity contribution in [2.24, 2.45) is 7.05 Å². The van der Waals surface area contributed by atoms with Crippen LogP contribution >= 0.6 is 0 Å². The molecule has 1 saturated heterocycles. The fourth-order valence-electron chi connectivity index (χ4n) is 3.88. The van der Waals surface area contributed by atoms with E-state index in [1.54, 1.807) is 31.0 Å². The van der Waals surface area contributed by atoms with Crippen molar-refractivity contribution >= 4 is 28.2 Å². The Morgan fingerprint density at radius 1 is 1.17 bits per heavy atom. The van der Waals surface area contributed by atoms with E-state index in [9.17, 15) is 4.79 Å². The number of benzene rings is 2. The number of methoxy groups -OCH3 is 2. The monoisotopic (exact) mass is 394 g/mol. The first-order valence-corrected chi connectivity index (χ1v) is 9.79. The van der Waals surface area contributed by atoms with Crippen LogP contribution in [-0.2, 0) is 11.8 Å². The molecule has 1 N–H and O–H groups in total. The van der Waals surface area contributed by atoms with Gasteiger partial charge in [0.15, 0.2) is 0 Å². The molecule has 1 aliphatic rings. The zero-order chi connectivity index (χ0) is 20.4. The minimum atomic E-state index is -0.165. The number of piperidine rings is 1. The SMILES string of the molecule is COc1c2ccc(C(=O)Nc3ccc(N4CCCC(OC)C4)cc3)cc2nn1C. The van der Waals surface area contributed by atoms with Crippen LogP contribution in [0.3, 0.4) is 0 Å². The van der Waals surface area contributed by atoms with Gasteiger partial charge in [-0.1, -0.05) is 0 Å². The number of rotatable bonds is 5. The second-order valence-corrected chi connectivity index (χ2v) is 7.31. The number of amides is 1. The molecule has 0 saturated carbocycles. The number of hydrogen-bond acceptors (Lipinski definition) is 5. The Kier molecular flexibility index (Phi) is 5.40. The van der Waals surface area contributed by atoms with Crippen LogP contribution in [0.2, 0.25) is 0 Å². The molecule has 4 rings (SSSR count). The minimum Gasteiger partial charge on any atom is -0.481 e. The lowest BCUT2D eigenvalue weighted by molar-refractivity contribution is 0.0893. The van der Waals surface area contributed by atoms with E-state index in [0.29, 0.717) is 11.4 Å². The maximum Gasteiger partial charge on any atom is 0.255 e.